The minimum atomic E-state index is -0.376. The van der Waals surface area contributed by atoms with E-state index in [9.17, 15) is 9.59 Å². The lowest BCUT2D eigenvalue weighted by Crippen LogP contribution is -2.28. The zero-order valence-electron chi connectivity index (χ0n) is 12.8. The average Bonchev–Trinajstić information content (AvgIpc) is 2.88. The van der Waals surface area contributed by atoms with Crippen LogP contribution in [0.4, 0.5) is 5.69 Å². The summed E-state index contributed by atoms with van der Waals surface area (Å²) in [6.45, 7) is 0.931. The molecule has 2 aromatic carbocycles. The van der Waals surface area contributed by atoms with Crippen LogP contribution in [-0.4, -0.2) is 23.3 Å². The Kier molecular flexibility index (Phi) is 5.07. The Hall–Kier alpha value is -2.04. The van der Waals surface area contributed by atoms with Gasteiger partial charge in [0.1, 0.15) is 0 Å². The second-order valence-electron chi connectivity index (χ2n) is 5.81. The van der Waals surface area contributed by atoms with Crippen LogP contribution in [0.25, 0.3) is 0 Å². The van der Waals surface area contributed by atoms with Crippen LogP contribution in [0.5, 0.6) is 0 Å². The summed E-state index contributed by atoms with van der Waals surface area (Å²) in [5, 5.41) is 3.68. The van der Waals surface area contributed by atoms with E-state index in [0.29, 0.717) is 28.8 Å². The Morgan fingerprint density at radius 2 is 1.79 bits per heavy atom. The van der Waals surface area contributed by atoms with E-state index >= 15 is 0 Å². The number of halogens is 2. The first kappa shape index (κ1) is 16.8. The van der Waals surface area contributed by atoms with Crippen LogP contribution in [0.15, 0.2) is 48.5 Å². The molecule has 1 N–H and O–H groups in total. The highest BCUT2D eigenvalue weighted by Gasteiger charge is 2.34. The molecule has 6 heteroatoms. The minimum absolute atomic E-state index is 0.0110. The molecule has 0 saturated carbocycles. The van der Waals surface area contributed by atoms with Gasteiger partial charge < -0.3 is 10.2 Å². The molecule has 0 spiro atoms. The molecule has 2 aromatic rings. The normalized spacial score (nSPS) is 17.2. The van der Waals surface area contributed by atoms with Crippen LogP contribution >= 0.6 is 23.2 Å². The summed E-state index contributed by atoms with van der Waals surface area (Å²) < 4.78 is 0. The number of anilines is 1. The molecule has 1 aliphatic rings. The Balaban J connectivity index is 1.63. The summed E-state index contributed by atoms with van der Waals surface area (Å²) in [4.78, 5) is 26.3. The Morgan fingerprint density at radius 1 is 1.12 bits per heavy atom. The molecule has 1 unspecified atom stereocenters. The third-order valence-electron chi connectivity index (χ3n) is 3.93. The SMILES string of the molecule is O=C(Nc1cc(Cl)cc(Cl)c1)C1CC(=O)N(Cc2ccccc2)C1. The predicted octanol–water partition coefficient (Wildman–Crippen LogP) is 3.98. The molecule has 1 heterocycles. The van der Waals surface area contributed by atoms with Crippen LogP contribution in [-0.2, 0) is 16.1 Å². The van der Waals surface area contributed by atoms with E-state index in [2.05, 4.69) is 5.32 Å². The molecule has 0 aliphatic carbocycles. The van der Waals surface area contributed by atoms with Gasteiger partial charge in [-0.3, -0.25) is 9.59 Å². The summed E-state index contributed by atoms with van der Waals surface area (Å²) in [7, 11) is 0. The van der Waals surface area contributed by atoms with Crippen molar-refractivity contribution >= 4 is 40.7 Å². The van der Waals surface area contributed by atoms with Gasteiger partial charge in [-0.1, -0.05) is 53.5 Å². The van der Waals surface area contributed by atoms with Gasteiger partial charge in [0.05, 0.1) is 5.92 Å². The summed E-state index contributed by atoms with van der Waals surface area (Å²) >= 11 is 11.9. The second kappa shape index (κ2) is 7.24. The molecule has 4 nitrogen and oxygen atoms in total. The fourth-order valence-electron chi connectivity index (χ4n) is 2.77. The van der Waals surface area contributed by atoms with Crippen molar-refractivity contribution in [3.05, 3.63) is 64.1 Å². The molecule has 0 aromatic heterocycles. The highest BCUT2D eigenvalue weighted by Crippen LogP contribution is 2.25. The molecule has 3 rings (SSSR count). The highest BCUT2D eigenvalue weighted by molar-refractivity contribution is 6.35. The summed E-state index contributed by atoms with van der Waals surface area (Å²) in [5.74, 6) is -0.584. The molecule has 1 atom stereocenters. The number of carbonyl (C=O) groups excluding carboxylic acids is 2. The van der Waals surface area contributed by atoms with Gasteiger partial charge in [0.15, 0.2) is 0 Å². The fourth-order valence-corrected chi connectivity index (χ4v) is 3.30. The van der Waals surface area contributed by atoms with Gasteiger partial charge in [-0.2, -0.15) is 0 Å². The maximum absolute atomic E-state index is 12.4. The Labute approximate surface area is 150 Å². The Morgan fingerprint density at radius 3 is 2.46 bits per heavy atom. The Bertz CT molecular complexity index is 745. The van der Waals surface area contributed by atoms with Crippen molar-refractivity contribution in [2.24, 2.45) is 5.92 Å². The molecule has 2 amide bonds. The summed E-state index contributed by atoms with van der Waals surface area (Å²) in [6, 6.07) is 14.6. The van der Waals surface area contributed by atoms with Crippen LogP contribution in [0, 0.1) is 5.92 Å². The number of hydrogen-bond donors (Lipinski definition) is 1. The number of nitrogens with one attached hydrogen (secondary N) is 1. The van der Waals surface area contributed by atoms with Crippen LogP contribution in [0.3, 0.4) is 0 Å². The second-order valence-corrected chi connectivity index (χ2v) is 6.68. The largest absolute Gasteiger partial charge is 0.338 e. The molecule has 124 valence electrons. The number of likely N-dealkylation sites (tertiary alicyclic amines) is 1. The maximum Gasteiger partial charge on any atom is 0.229 e. The molecular weight excluding hydrogens is 347 g/mol. The number of amides is 2. The number of benzene rings is 2. The lowest BCUT2D eigenvalue weighted by Gasteiger charge is -2.16. The third-order valence-corrected chi connectivity index (χ3v) is 4.37. The van der Waals surface area contributed by atoms with E-state index < -0.39 is 0 Å². The molecule has 0 radical (unpaired) electrons. The van der Waals surface area contributed by atoms with Gasteiger partial charge in [-0.25, -0.2) is 0 Å². The molecule has 1 aliphatic heterocycles. The number of carbonyl (C=O) groups is 2. The standard InChI is InChI=1S/C18H16Cl2N2O2/c19-14-7-15(20)9-16(8-14)21-18(24)13-6-17(23)22(11-13)10-12-4-2-1-3-5-12/h1-5,7-9,13H,6,10-11H2,(H,21,24). The molecule has 1 fully saturated rings. The van der Waals surface area contributed by atoms with Crippen molar-refractivity contribution in [2.45, 2.75) is 13.0 Å². The zero-order chi connectivity index (χ0) is 17.1. The van der Waals surface area contributed by atoms with Gasteiger partial charge in [-0.05, 0) is 23.8 Å². The van der Waals surface area contributed by atoms with E-state index in [1.165, 1.54) is 0 Å². The van der Waals surface area contributed by atoms with Gasteiger partial charge in [0, 0.05) is 35.2 Å². The van der Waals surface area contributed by atoms with Crippen molar-refractivity contribution < 1.29 is 9.59 Å². The topological polar surface area (TPSA) is 49.4 Å². The van der Waals surface area contributed by atoms with E-state index in [1.807, 2.05) is 30.3 Å². The van der Waals surface area contributed by atoms with Crippen molar-refractivity contribution in [1.29, 1.82) is 0 Å². The fraction of sp³-hybridized carbons (Fsp3) is 0.222. The maximum atomic E-state index is 12.4. The molecular formula is C18H16Cl2N2O2. The van der Waals surface area contributed by atoms with Gasteiger partial charge >= 0.3 is 0 Å². The lowest BCUT2D eigenvalue weighted by molar-refractivity contribution is -0.128. The van der Waals surface area contributed by atoms with E-state index in [0.717, 1.165) is 5.56 Å². The quantitative estimate of drug-likeness (QED) is 0.893. The summed E-state index contributed by atoms with van der Waals surface area (Å²) in [6.07, 6.45) is 0.215. The predicted molar refractivity (Wildman–Crippen MR) is 95.1 cm³/mol. The van der Waals surface area contributed by atoms with Crippen molar-refractivity contribution in [3.63, 3.8) is 0 Å². The van der Waals surface area contributed by atoms with E-state index in [1.54, 1.807) is 23.1 Å². The minimum Gasteiger partial charge on any atom is -0.338 e. The first-order valence-corrected chi connectivity index (χ1v) is 8.35. The molecule has 1 saturated heterocycles. The van der Waals surface area contributed by atoms with Gasteiger partial charge in [0.2, 0.25) is 11.8 Å². The van der Waals surface area contributed by atoms with Crippen LogP contribution < -0.4 is 5.32 Å². The number of rotatable bonds is 4. The van der Waals surface area contributed by atoms with E-state index in [4.69, 9.17) is 23.2 Å². The monoisotopic (exact) mass is 362 g/mol. The first-order valence-electron chi connectivity index (χ1n) is 7.60. The van der Waals surface area contributed by atoms with Crippen molar-refractivity contribution in [2.75, 3.05) is 11.9 Å². The van der Waals surface area contributed by atoms with Gasteiger partial charge in [0.25, 0.3) is 0 Å². The lowest BCUT2D eigenvalue weighted by atomic mass is 10.1. The van der Waals surface area contributed by atoms with Crippen LogP contribution in [0.2, 0.25) is 10.0 Å². The van der Waals surface area contributed by atoms with Crippen molar-refractivity contribution in [3.8, 4) is 0 Å². The third kappa shape index (κ3) is 4.08. The summed E-state index contributed by atoms with van der Waals surface area (Å²) in [5.41, 5.74) is 1.58. The smallest absolute Gasteiger partial charge is 0.229 e. The number of hydrogen-bond acceptors (Lipinski definition) is 2. The number of nitrogens with zero attached hydrogens (tertiary/aromatic N) is 1. The first-order chi connectivity index (χ1) is 11.5. The van der Waals surface area contributed by atoms with Crippen molar-refractivity contribution in [1.82, 2.24) is 4.90 Å². The van der Waals surface area contributed by atoms with E-state index in [-0.39, 0.29) is 24.2 Å². The molecule has 24 heavy (non-hydrogen) atoms. The highest BCUT2D eigenvalue weighted by atomic mass is 35.5. The molecule has 0 bridgehead atoms. The average molecular weight is 363 g/mol. The van der Waals surface area contributed by atoms with Gasteiger partial charge in [-0.15, -0.1) is 0 Å². The van der Waals surface area contributed by atoms with Crippen LogP contribution in [0.1, 0.15) is 12.0 Å². The zero-order valence-corrected chi connectivity index (χ0v) is 14.3.